The third-order valence-corrected chi connectivity index (χ3v) is 3.58. The molecule has 3 N–H and O–H groups in total. The fourth-order valence-electron chi connectivity index (χ4n) is 2.06. The summed E-state index contributed by atoms with van der Waals surface area (Å²) in [6.07, 6.45) is 0. The molecule has 0 aliphatic carbocycles. The van der Waals surface area contributed by atoms with Crippen LogP contribution in [-0.2, 0) is 9.59 Å². The molecule has 0 aliphatic rings. The molecule has 0 heterocycles. The van der Waals surface area contributed by atoms with E-state index in [2.05, 4.69) is 16.0 Å². The van der Waals surface area contributed by atoms with E-state index >= 15 is 0 Å². The van der Waals surface area contributed by atoms with Crippen molar-refractivity contribution in [3.8, 4) is 0 Å². The summed E-state index contributed by atoms with van der Waals surface area (Å²) in [4.78, 5) is 23.1. The van der Waals surface area contributed by atoms with Gasteiger partial charge in [0.25, 0.3) is 0 Å². The number of anilines is 3. The lowest BCUT2D eigenvalue weighted by atomic mass is 10.2. The Morgan fingerprint density at radius 2 is 1.70 bits per heavy atom. The van der Waals surface area contributed by atoms with Crippen molar-refractivity contribution in [1.29, 1.82) is 0 Å². The molecule has 2 amide bonds. The second kappa shape index (κ2) is 7.65. The van der Waals surface area contributed by atoms with Crippen molar-refractivity contribution in [2.45, 2.75) is 13.8 Å². The van der Waals surface area contributed by atoms with Crippen molar-refractivity contribution in [3.05, 3.63) is 53.1 Å². The van der Waals surface area contributed by atoms with Crippen LogP contribution in [0.1, 0.15) is 12.5 Å². The first kappa shape index (κ1) is 16.8. The topological polar surface area (TPSA) is 70.2 Å². The summed E-state index contributed by atoms with van der Waals surface area (Å²) in [5.41, 5.74) is 2.97. The average molecular weight is 332 g/mol. The van der Waals surface area contributed by atoms with Gasteiger partial charge in [0.05, 0.1) is 6.54 Å². The number of amides is 2. The van der Waals surface area contributed by atoms with E-state index in [1.807, 2.05) is 19.1 Å². The Kier molecular flexibility index (Phi) is 5.60. The normalized spacial score (nSPS) is 10.0. The predicted octanol–water partition coefficient (Wildman–Crippen LogP) is 3.66. The first-order chi connectivity index (χ1) is 11.0. The summed E-state index contributed by atoms with van der Waals surface area (Å²) in [6.45, 7) is 3.44. The first-order valence-corrected chi connectivity index (χ1v) is 7.50. The third kappa shape index (κ3) is 5.00. The SMILES string of the molecule is CC(=O)Nc1cccc(NC(=O)CNc2cccc(Cl)c2C)c1. The Bertz CT molecular complexity index is 732. The smallest absolute Gasteiger partial charge is 0.243 e. The van der Waals surface area contributed by atoms with Gasteiger partial charge in [0.15, 0.2) is 0 Å². The highest BCUT2D eigenvalue weighted by Gasteiger charge is 2.06. The van der Waals surface area contributed by atoms with Crippen molar-refractivity contribution in [1.82, 2.24) is 0 Å². The van der Waals surface area contributed by atoms with Crippen LogP contribution < -0.4 is 16.0 Å². The zero-order chi connectivity index (χ0) is 16.8. The highest BCUT2D eigenvalue weighted by Crippen LogP contribution is 2.22. The van der Waals surface area contributed by atoms with Crippen LogP contribution in [0.4, 0.5) is 17.1 Å². The molecule has 0 fully saturated rings. The van der Waals surface area contributed by atoms with Crippen LogP contribution in [0.3, 0.4) is 0 Å². The van der Waals surface area contributed by atoms with E-state index in [-0.39, 0.29) is 18.4 Å². The standard InChI is InChI=1S/C17H18ClN3O2/c1-11-15(18)7-4-8-16(11)19-10-17(23)21-14-6-3-5-13(9-14)20-12(2)22/h3-9,19H,10H2,1-2H3,(H,20,22)(H,21,23). The minimum absolute atomic E-state index is 0.117. The quantitative estimate of drug-likeness (QED) is 0.783. The lowest BCUT2D eigenvalue weighted by Crippen LogP contribution is -2.22. The minimum atomic E-state index is -0.190. The zero-order valence-electron chi connectivity index (χ0n) is 12.9. The Morgan fingerprint density at radius 1 is 1.04 bits per heavy atom. The maximum Gasteiger partial charge on any atom is 0.243 e. The van der Waals surface area contributed by atoms with Gasteiger partial charge in [0.1, 0.15) is 0 Å². The maximum atomic E-state index is 12.0. The summed E-state index contributed by atoms with van der Waals surface area (Å²) >= 11 is 6.04. The van der Waals surface area contributed by atoms with Gasteiger partial charge in [-0.1, -0.05) is 23.7 Å². The molecule has 5 nitrogen and oxygen atoms in total. The molecule has 2 rings (SSSR count). The van der Waals surface area contributed by atoms with E-state index in [1.165, 1.54) is 6.92 Å². The average Bonchev–Trinajstić information content (AvgIpc) is 2.48. The maximum absolute atomic E-state index is 12.0. The Hall–Kier alpha value is -2.53. The number of hydrogen-bond acceptors (Lipinski definition) is 3. The highest BCUT2D eigenvalue weighted by molar-refractivity contribution is 6.31. The molecule has 0 bridgehead atoms. The van der Waals surface area contributed by atoms with Gasteiger partial charge in [-0.3, -0.25) is 9.59 Å². The molecule has 120 valence electrons. The van der Waals surface area contributed by atoms with Crippen LogP contribution in [0.25, 0.3) is 0 Å². The molecule has 0 saturated carbocycles. The molecule has 0 spiro atoms. The Morgan fingerprint density at radius 3 is 2.39 bits per heavy atom. The fourth-order valence-corrected chi connectivity index (χ4v) is 2.23. The van der Waals surface area contributed by atoms with Gasteiger partial charge in [0, 0.05) is 29.0 Å². The molecule has 0 radical (unpaired) electrons. The van der Waals surface area contributed by atoms with Gasteiger partial charge in [-0.2, -0.15) is 0 Å². The summed E-state index contributed by atoms with van der Waals surface area (Å²) in [6, 6.07) is 12.5. The molecule has 23 heavy (non-hydrogen) atoms. The zero-order valence-corrected chi connectivity index (χ0v) is 13.7. The molecule has 0 saturated heterocycles. The van der Waals surface area contributed by atoms with Crippen LogP contribution in [0.15, 0.2) is 42.5 Å². The van der Waals surface area contributed by atoms with Gasteiger partial charge in [-0.25, -0.2) is 0 Å². The number of hydrogen-bond donors (Lipinski definition) is 3. The van der Waals surface area contributed by atoms with Gasteiger partial charge in [-0.05, 0) is 42.8 Å². The molecule has 0 atom stereocenters. The molecule has 0 aliphatic heterocycles. The van der Waals surface area contributed by atoms with Crippen molar-refractivity contribution in [2.75, 3.05) is 22.5 Å². The summed E-state index contributed by atoms with van der Waals surface area (Å²) in [5, 5.41) is 9.15. The number of rotatable bonds is 5. The summed E-state index contributed by atoms with van der Waals surface area (Å²) < 4.78 is 0. The van der Waals surface area contributed by atoms with Gasteiger partial charge in [-0.15, -0.1) is 0 Å². The van der Waals surface area contributed by atoms with Crippen molar-refractivity contribution in [3.63, 3.8) is 0 Å². The largest absolute Gasteiger partial charge is 0.376 e. The molecule has 6 heteroatoms. The monoisotopic (exact) mass is 331 g/mol. The van der Waals surface area contributed by atoms with Crippen LogP contribution >= 0.6 is 11.6 Å². The molecular weight excluding hydrogens is 314 g/mol. The molecule has 2 aromatic rings. The Labute approximate surface area is 140 Å². The van der Waals surface area contributed by atoms with Gasteiger partial charge >= 0.3 is 0 Å². The van der Waals surface area contributed by atoms with E-state index in [0.29, 0.717) is 16.4 Å². The lowest BCUT2D eigenvalue weighted by Gasteiger charge is -2.11. The van der Waals surface area contributed by atoms with Crippen LogP contribution in [0, 0.1) is 6.92 Å². The molecular formula is C17H18ClN3O2. The van der Waals surface area contributed by atoms with Crippen molar-refractivity contribution in [2.24, 2.45) is 0 Å². The lowest BCUT2D eigenvalue weighted by molar-refractivity contribution is -0.115. The highest BCUT2D eigenvalue weighted by atomic mass is 35.5. The van der Waals surface area contributed by atoms with E-state index in [9.17, 15) is 9.59 Å². The van der Waals surface area contributed by atoms with Crippen LogP contribution in [-0.4, -0.2) is 18.4 Å². The van der Waals surface area contributed by atoms with E-state index in [1.54, 1.807) is 30.3 Å². The number of nitrogens with one attached hydrogen (secondary N) is 3. The summed E-state index contributed by atoms with van der Waals surface area (Å²) in [7, 11) is 0. The van der Waals surface area contributed by atoms with Crippen molar-refractivity contribution >= 4 is 40.5 Å². The van der Waals surface area contributed by atoms with Crippen LogP contribution in [0.5, 0.6) is 0 Å². The number of carbonyl (C=O) groups excluding carboxylic acids is 2. The summed E-state index contributed by atoms with van der Waals surface area (Å²) in [5.74, 6) is -0.351. The van der Waals surface area contributed by atoms with E-state index < -0.39 is 0 Å². The second-order valence-corrected chi connectivity index (χ2v) is 5.48. The van der Waals surface area contributed by atoms with Crippen LogP contribution in [0.2, 0.25) is 5.02 Å². The second-order valence-electron chi connectivity index (χ2n) is 5.08. The fraction of sp³-hybridized carbons (Fsp3) is 0.176. The third-order valence-electron chi connectivity index (χ3n) is 3.17. The number of benzene rings is 2. The van der Waals surface area contributed by atoms with E-state index in [4.69, 9.17) is 11.6 Å². The van der Waals surface area contributed by atoms with Gasteiger partial charge < -0.3 is 16.0 Å². The molecule has 0 unspecified atom stereocenters. The number of halogens is 1. The minimum Gasteiger partial charge on any atom is -0.376 e. The van der Waals surface area contributed by atoms with Gasteiger partial charge in [0.2, 0.25) is 11.8 Å². The number of carbonyl (C=O) groups is 2. The van der Waals surface area contributed by atoms with E-state index in [0.717, 1.165) is 11.3 Å². The molecule has 0 aromatic heterocycles. The predicted molar refractivity (Wildman–Crippen MR) is 94.1 cm³/mol. The van der Waals surface area contributed by atoms with Crippen molar-refractivity contribution < 1.29 is 9.59 Å². The first-order valence-electron chi connectivity index (χ1n) is 7.12. The Balaban J connectivity index is 1.94. The molecule has 2 aromatic carbocycles.